The quantitative estimate of drug-likeness (QED) is 0.786. The Morgan fingerprint density at radius 1 is 1.32 bits per heavy atom. The van der Waals surface area contributed by atoms with Gasteiger partial charge in [0.25, 0.3) is 0 Å². The van der Waals surface area contributed by atoms with Crippen molar-refractivity contribution in [1.29, 1.82) is 0 Å². The predicted molar refractivity (Wildman–Crippen MR) is 80.3 cm³/mol. The molecule has 1 aliphatic carbocycles. The number of hydrogen-bond acceptors (Lipinski definition) is 2. The van der Waals surface area contributed by atoms with Crippen molar-refractivity contribution in [1.82, 2.24) is 0 Å². The summed E-state index contributed by atoms with van der Waals surface area (Å²) in [6.45, 7) is 4.01. The molecule has 1 aliphatic rings. The third-order valence-corrected chi connectivity index (χ3v) is 4.48. The molecular formula is C17H27NO. The Kier molecular flexibility index (Phi) is 5.26. The molecule has 1 aromatic carbocycles. The number of para-hydroxylation sites is 1. The van der Waals surface area contributed by atoms with E-state index in [2.05, 4.69) is 6.92 Å². The average Bonchev–Trinajstić information content (AvgIpc) is 2.45. The lowest BCUT2D eigenvalue weighted by molar-refractivity contribution is 0.130. The van der Waals surface area contributed by atoms with Gasteiger partial charge in [-0.2, -0.15) is 0 Å². The first kappa shape index (κ1) is 14.4. The highest BCUT2D eigenvalue weighted by atomic mass is 16.5. The second kappa shape index (κ2) is 6.95. The SMILES string of the molecule is CC1CCCC(CN)(CCCOc2ccccc2)C1. The van der Waals surface area contributed by atoms with E-state index < -0.39 is 0 Å². The van der Waals surface area contributed by atoms with E-state index in [1.165, 1.54) is 32.1 Å². The van der Waals surface area contributed by atoms with Crippen LogP contribution < -0.4 is 10.5 Å². The fourth-order valence-corrected chi connectivity index (χ4v) is 3.44. The lowest BCUT2D eigenvalue weighted by Gasteiger charge is -2.39. The monoisotopic (exact) mass is 261 g/mol. The van der Waals surface area contributed by atoms with Crippen LogP contribution in [0.5, 0.6) is 5.75 Å². The molecule has 1 fully saturated rings. The molecule has 0 spiro atoms. The van der Waals surface area contributed by atoms with Crippen molar-refractivity contribution < 1.29 is 4.74 Å². The van der Waals surface area contributed by atoms with Gasteiger partial charge in [-0.1, -0.05) is 38.0 Å². The Morgan fingerprint density at radius 2 is 2.11 bits per heavy atom. The van der Waals surface area contributed by atoms with Crippen LogP contribution in [-0.2, 0) is 0 Å². The molecule has 2 rings (SSSR count). The van der Waals surface area contributed by atoms with Crippen molar-refractivity contribution in [2.45, 2.75) is 45.4 Å². The van der Waals surface area contributed by atoms with Gasteiger partial charge in [-0.3, -0.25) is 0 Å². The normalized spacial score (nSPS) is 27.2. The molecule has 1 saturated carbocycles. The fourth-order valence-electron chi connectivity index (χ4n) is 3.44. The zero-order valence-electron chi connectivity index (χ0n) is 12.1. The molecule has 0 amide bonds. The van der Waals surface area contributed by atoms with Gasteiger partial charge in [0.05, 0.1) is 6.61 Å². The first-order chi connectivity index (χ1) is 9.24. The van der Waals surface area contributed by atoms with Crippen molar-refractivity contribution in [3.63, 3.8) is 0 Å². The summed E-state index contributed by atoms with van der Waals surface area (Å²) in [5.41, 5.74) is 6.44. The zero-order valence-corrected chi connectivity index (χ0v) is 12.1. The summed E-state index contributed by atoms with van der Waals surface area (Å²) in [7, 11) is 0. The first-order valence-electron chi connectivity index (χ1n) is 7.62. The van der Waals surface area contributed by atoms with Crippen LogP contribution in [0.2, 0.25) is 0 Å². The molecule has 0 radical (unpaired) electrons. The third kappa shape index (κ3) is 4.24. The van der Waals surface area contributed by atoms with E-state index >= 15 is 0 Å². The maximum absolute atomic E-state index is 6.05. The van der Waals surface area contributed by atoms with Crippen molar-refractivity contribution in [2.75, 3.05) is 13.2 Å². The molecule has 0 aliphatic heterocycles. The van der Waals surface area contributed by atoms with Gasteiger partial charge in [0, 0.05) is 0 Å². The maximum atomic E-state index is 6.05. The van der Waals surface area contributed by atoms with Gasteiger partial charge in [-0.25, -0.2) is 0 Å². The van der Waals surface area contributed by atoms with E-state index in [9.17, 15) is 0 Å². The van der Waals surface area contributed by atoms with Crippen LogP contribution in [0.3, 0.4) is 0 Å². The van der Waals surface area contributed by atoms with Gasteiger partial charge in [0.1, 0.15) is 5.75 Å². The molecule has 2 N–H and O–H groups in total. The standard InChI is InChI=1S/C17H27NO/c1-15-7-5-10-17(13-15,14-18)11-6-12-19-16-8-3-2-4-9-16/h2-4,8-9,15H,5-7,10-14,18H2,1H3. The fraction of sp³-hybridized carbons (Fsp3) is 0.647. The number of ether oxygens (including phenoxy) is 1. The molecule has 2 heteroatoms. The number of benzene rings is 1. The Bertz CT molecular complexity index is 365. The van der Waals surface area contributed by atoms with E-state index in [0.717, 1.165) is 31.2 Å². The van der Waals surface area contributed by atoms with E-state index in [1.54, 1.807) is 0 Å². The van der Waals surface area contributed by atoms with Crippen LogP contribution in [0.25, 0.3) is 0 Å². The summed E-state index contributed by atoms with van der Waals surface area (Å²) in [6.07, 6.45) is 7.65. The molecule has 0 aromatic heterocycles. The van der Waals surface area contributed by atoms with Gasteiger partial charge >= 0.3 is 0 Å². The molecule has 0 bridgehead atoms. The van der Waals surface area contributed by atoms with Crippen LogP contribution in [0, 0.1) is 11.3 Å². The highest BCUT2D eigenvalue weighted by molar-refractivity contribution is 5.20. The van der Waals surface area contributed by atoms with Gasteiger partial charge in [-0.05, 0) is 55.7 Å². The Balaban J connectivity index is 1.74. The minimum absolute atomic E-state index is 0.387. The van der Waals surface area contributed by atoms with E-state index in [4.69, 9.17) is 10.5 Å². The largest absolute Gasteiger partial charge is 0.494 e. The summed E-state index contributed by atoms with van der Waals surface area (Å²) >= 11 is 0. The van der Waals surface area contributed by atoms with Crippen LogP contribution in [0.4, 0.5) is 0 Å². The Labute approximate surface area is 117 Å². The van der Waals surface area contributed by atoms with Gasteiger partial charge in [0.15, 0.2) is 0 Å². The van der Waals surface area contributed by atoms with Crippen molar-refractivity contribution in [3.8, 4) is 5.75 Å². The Morgan fingerprint density at radius 3 is 2.79 bits per heavy atom. The number of nitrogens with two attached hydrogens (primary N) is 1. The Hall–Kier alpha value is -1.02. The van der Waals surface area contributed by atoms with Gasteiger partial charge in [0.2, 0.25) is 0 Å². The lowest BCUT2D eigenvalue weighted by Crippen LogP contribution is -2.35. The van der Waals surface area contributed by atoms with Crippen molar-refractivity contribution >= 4 is 0 Å². The highest BCUT2D eigenvalue weighted by Crippen LogP contribution is 2.41. The molecule has 0 heterocycles. The van der Waals surface area contributed by atoms with Gasteiger partial charge < -0.3 is 10.5 Å². The number of hydrogen-bond donors (Lipinski definition) is 1. The van der Waals surface area contributed by atoms with E-state index in [-0.39, 0.29) is 0 Å². The number of rotatable bonds is 6. The lowest BCUT2D eigenvalue weighted by atomic mass is 9.68. The second-order valence-corrected chi connectivity index (χ2v) is 6.17. The highest BCUT2D eigenvalue weighted by Gasteiger charge is 2.32. The maximum Gasteiger partial charge on any atom is 0.119 e. The van der Waals surface area contributed by atoms with Crippen molar-refractivity contribution in [3.05, 3.63) is 30.3 Å². The molecule has 106 valence electrons. The molecule has 2 atom stereocenters. The molecule has 19 heavy (non-hydrogen) atoms. The average molecular weight is 261 g/mol. The molecule has 2 unspecified atom stereocenters. The van der Waals surface area contributed by atoms with E-state index in [1.807, 2.05) is 30.3 Å². The smallest absolute Gasteiger partial charge is 0.119 e. The van der Waals surface area contributed by atoms with Crippen LogP contribution >= 0.6 is 0 Å². The second-order valence-electron chi connectivity index (χ2n) is 6.17. The minimum Gasteiger partial charge on any atom is -0.494 e. The minimum atomic E-state index is 0.387. The predicted octanol–water partition coefficient (Wildman–Crippen LogP) is 4.00. The summed E-state index contributed by atoms with van der Waals surface area (Å²) in [6, 6.07) is 10.1. The van der Waals surface area contributed by atoms with Crippen LogP contribution in [0.1, 0.15) is 45.4 Å². The topological polar surface area (TPSA) is 35.2 Å². The van der Waals surface area contributed by atoms with E-state index in [0.29, 0.717) is 5.41 Å². The third-order valence-electron chi connectivity index (χ3n) is 4.48. The zero-order chi connectivity index (χ0) is 13.6. The van der Waals surface area contributed by atoms with Crippen molar-refractivity contribution in [2.24, 2.45) is 17.1 Å². The molecule has 1 aromatic rings. The van der Waals surface area contributed by atoms with Crippen LogP contribution in [0.15, 0.2) is 30.3 Å². The summed E-state index contributed by atoms with van der Waals surface area (Å²) in [5.74, 6) is 1.81. The summed E-state index contributed by atoms with van der Waals surface area (Å²) in [4.78, 5) is 0. The molecule has 2 nitrogen and oxygen atoms in total. The summed E-state index contributed by atoms with van der Waals surface area (Å²) < 4.78 is 5.77. The first-order valence-corrected chi connectivity index (χ1v) is 7.62. The van der Waals surface area contributed by atoms with Crippen LogP contribution in [-0.4, -0.2) is 13.2 Å². The molecular weight excluding hydrogens is 234 g/mol. The summed E-state index contributed by atoms with van der Waals surface area (Å²) in [5, 5.41) is 0. The van der Waals surface area contributed by atoms with Gasteiger partial charge in [-0.15, -0.1) is 0 Å². The molecule has 0 saturated heterocycles.